The molecule has 2 atom stereocenters. The Labute approximate surface area is 159 Å². The third-order valence-corrected chi connectivity index (χ3v) is 5.73. The molecule has 144 valence electrons. The summed E-state index contributed by atoms with van der Waals surface area (Å²) in [4.78, 5) is 12.5. The van der Waals surface area contributed by atoms with Crippen molar-refractivity contribution in [1.82, 2.24) is 5.32 Å². The van der Waals surface area contributed by atoms with Gasteiger partial charge in [0.05, 0.1) is 17.6 Å². The van der Waals surface area contributed by atoms with Gasteiger partial charge in [0.25, 0.3) is 10.0 Å². The van der Waals surface area contributed by atoms with Crippen LogP contribution in [0, 0.1) is 6.92 Å². The Morgan fingerprint density at radius 3 is 2.33 bits per heavy atom. The SMILES string of the molecule is Cc1ccc(S(=O)(=O)Nc2ccc(NC(=O)[C@H]3NCCO[C@@H]3C)cc2)cc1. The van der Waals surface area contributed by atoms with E-state index in [0.717, 1.165) is 5.56 Å². The van der Waals surface area contributed by atoms with Gasteiger partial charge in [-0.15, -0.1) is 0 Å². The number of sulfonamides is 1. The zero-order valence-corrected chi connectivity index (χ0v) is 16.0. The zero-order chi connectivity index (χ0) is 19.4. The fraction of sp³-hybridized carbons (Fsp3) is 0.316. The fourth-order valence-corrected chi connectivity index (χ4v) is 3.86. The second kappa shape index (κ2) is 8.08. The van der Waals surface area contributed by atoms with Gasteiger partial charge in [0, 0.05) is 17.9 Å². The van der Waals surface area contributed by atoms with E-state index in [0.29, 0.717) is 24.5 Å². The highest BCUT2D eigenvalue weighted by molar-refractivity contribution is 7.92. The van der Waals surface area contributed by atoms with Crippen LogP contribution >= 0.6 is 0 Å². The van der Waals surface area contributed by atoms with E-state index >= 15 is 0 Å². The van der Waals surface area contributed by atoms with Gasteiger partial charge in [0.2, 0.25) is 5.91 Å². The minimum absolute atomic E-state index is 0.185. The summed E-state index contributed by atoms with van der Waals surface area (Å²) in [7, 11) is -3.65. The molecule has 1 aliphatic rings. The van der Waals surface area contributed by atoms with Crippen LogP contribution in [-0.4, -0.2) is 39.6 Å². The smallest absolute Gasteiger partial charge is 0.261 e. The normalized spacial score (nSPS) is 20.1. The first kappa shape index (κ1) is 19.3. The molecule has 2 aromatic carbocycles. The lowest BCUT2D eigenvalue weighted by Gasteiger charge is -2.29. The molecule has 8 heteroatoms. The molecule has 0 spiro atoms. The largest absolute Gasteiger partial charge is 0.375 e. The van der Waals surface area contributed by atoms with Gasteiger partial charge in [-0.1, -0.05) is 17.7 Å². The second-order valence-electron chi connectivity index (χ2n) is 6.49. The predicted molar refractivity (Wildman–Crippen MR) is 104 cm³/mol. The van der Waals surface area contributed by atoms with Gasteiger partial charge in [-0.25, -0.2) is 8.42 Å². The Balaban J connectivity index is 1.64. The molecule has 1 saturated heterocycles. The summed E-state index contributed by atoms with van der Waals surface area (Å²) in [5, 5.41) is 5.94. The maximum atomic E-state index is 12.4. The quantitative estimate of drug-likeness (QED) is 0.728. The van der Waals surface area contributed by atoms with Crippen LogP contribution in [0.2, 0.25) is 0 Å². The Morgan fingerprint density at radius 1 is 1.07 bits per heavy atom. The van der Waals surface area contributed by atoms with Gasteiger partial charge in [0.15, 0.2) is 0 Å². The molecule has 0 aliphatic carbocycles. The number of morpholine rings is 1. The third-order valence-electron chi connectivity index (χ3n) is 4.33. The summed E-state index contributed by atoms with van der Waals surface area (Å²) in [5.41, 5.74) is 1.99. The minimum Gasteiger partial charge on any atom is -0.375 e. The van der Waals surface area contributed by atoms with Crippen LogP contribution in [0.4, 0.5) is 11.4 Å². The molecule has 1 aliphatic heterocycles. The first-order valence-electron chi connectivity index (χ1n) is 8.70. The third kappa shape index (κ3) is 4.85. The van der Waals surface area contributed by atoms with E-state index in [1.807, 2.05) is 13.8 Å². The van der Waals surface area contributed by atoms with E-state index in [1.165, 1.54) is 0 Å². The zero-order valence-electron chi connectivity index (χ0n) is 15.2. The summed E-state index contributed by atoms with van der Waals surface area (Å²) in [5.74, 6) is -0.185. The molecule has 0 bridgehead atoms. The number of aryl methyl sites for hydroxylation is 1. The monoisotopic (exact) mass is 389 g/mol. The molecule has 0 aromatic heterocycles. The summed E-state index contributed by atoms with van der Waals surface area (Å²) >= 11 is 0. The Hall–Kier alpha value is -2.42. The number of amides is 1. The summed E-state index contributed by atoms with van der Waals surface area (Å²) in [6.45, 7) is 4.95. The number of carbonyl (C=O) groups is 1. The van der Waals surface area contributed by atoms with Crippen molar-refractivity contribution in [2.45, 2.75) is 30.9 Å². The highest BCUT2D eigenvalue weighted by atomic mass is 32.2. The standard InChI is InChI=1S/C19H23N3O4S/c1-13-3-9-17(10-4-13)27(24,25)22-16-7-5-15(6-8-16)21-19(23)18-14(2)26-12-11-20-18/h3-10,14,18,20,22H,11-12H2,1-2H3,(H,21,23)/t14-,18+/m1/s1. The van der Waals surface area contributed by atoms with Crippen molar-refractivity contribution in [3.8, 4) is 0 Å². The van der Waals surface area contributed by atoms with Gasteiger partial charge in [-0.05, 0) is 50.2 Å². The van der Waals surface area contributed by atoms with Crippen LogP contribution in [0.3, 0.4) is 0 Å². The Kier molecular flexibility index (Phi) is 5.79. The molecule has 0 saturated carbocycles. The van der Waals surface area contributed by atoms with Crippen molar-refractivity contribution >= 4 is 27.3 Å². The van der Waals surface area contributed by atoms with Crippen LogP contribution in [0.5, 0.6) is 0 Å². The van der Waals surface area contributed by atoms with Crippen LogP contribution in [-0.2, 0) is 19.6 Å². The van der Waals surface area contributed by atoms with E-state index in [4.69, 9.17) is 4.74 Å². The molecule has 1 heterocycles. The van der Waals surface area contributed by atoms with Crippen molar-refractivity contribution in [2.24, 2.45) is 0 Å². The lowest BCUT2D eigenvalue weighted by atomic mass is 10.1. The van der Waals surface area contributed by atoms with Crippen molar-refractivity contribution < 1.29 is 17.9 Å². The number of anilines is 2. The molecule has 0 radical (unpaired) electrons. The molecule has 3 rings (SSSR count). The molecule has 1 amide bonds. The molecule has 0 unspecified atom stereocenters. The van der Waals surface area contributed by atoms with Crippen LogP contribution in [0.15, 0.2) is 53.4 Å². The molecule has 27 heavy (non-hydrogen) atoms. The average molecular weight is 389 g/mol. The van der Waals surface area contributed by atoms with E-state index in [1.54, 1.807) is 48.5 Å². The fourth-order valence-electron chi connectivity index (χ4n) is 2.80. The highest BCUT2D eigenvalue weighted by Crippen LogP contribution is 2.19. The van der Waals surface area contributed by atoms with Gasteiger partial charge < -0.3 is 15.4 Å². The van der Waals surface area contributed by atoms with E-state index in [2.05, 4.69) is 15.4 Å². The minimum atomic E-state index is -3.65. The maximum Gasteiger partial charge on any atom is 0.261 e. The van der Waals surface area contributed by atoms with Crippen molar-refractivity contribution in [3.63, 3.8) is 0 Å². The van der Waals surface area contributed by atoms with E-state index in [9.17, 15) is 13.2 Å². The Bertz CT molecular complexity index is 896. The topological polar surface area (TPSA) is 96.5 Å². The highest BCUT2D eigenvalue weighted by Gasteiger charge is 2.28. The van der Waals surface area contributed by atoms with Gasteiger partial charge in [-0.2, -0.15) is 0 Å². The Morgan fingerprint density at radius 2 is 1.70 bits per heavy atom. The summed E-state index contributed by atoms with van der Waals surface area (Å²) in [6, 6.07) is 12.7. The van der Waals surface area contributed by atoms with Crippen LogP contribution < -0.4 is 15.4 Å². The number of ether oxygens (including phenoxy) is 1. The predicted octanol–water partition coefficient (Wildman–Crippen LogP) is 2.11. The van der Waals surface area contributed by atoms with Crippen molar-refractivity contribution in [3.05, 3.63) is 54.1 Å². The number of hydrogen-bond donors (Lipinski definition) is 3. The number of hydrogen-bond acceptors (Lipinski definition) is 5. The first-order valence-corrected chi connectivity index (χ1v) is 10.2. The first-order chi connectivity index (χ1) is 12.8. The molecule has 2 aromatic rings. The molecular formula is C19H23N3O4S. The number of nitrogens with one attached hydrogen (secondary N) is 3. The molecular weight excluding hydrogens is 366 g/mol. The number of benzene rings is 2. The summed E-state index contributed by atoms with van der Waals surface area (Å²) in [6.07, 6.45) is -0.209. The maximum absolute atomic E-state index is 12.4. The second-order valence-corrected chi connectivity index (χ2v) is 8.18. The van der Waals surface area contributed by atoms with E-state index in [-0.39, 0.29) is 16.9 Å². The molecule has 3 N–H and O–H groups in total. The average Bonchev–Trinajstić information content (AvgIpc) is 2.64. The molecule has 1 fully saturated rings. The lowest BCUT2D eigenvalue weighted by Crippen LogP contribution is -2.53. The summed E-state index contributed by atoms with van der Waals surface area (Å²) < 4.78 is 32.8. The molecule has 7 nitrogen and oxygen atoms in total. The van der Waals surface area contributed by atoms with Gasteiger partial charge >= 0.3 is 0 Å². The van der Waals surface area contributed by atoms with E-state index < -0.39 is 16.1 Å². The van der Waals surface area contributed by atoms with Crippen molar-refractivity contribution in [2.75, 3.05) is 23.2 Å². The van der Waals surface area contributed by atoms with Crippen LogP contribution in [0.25, 0.3) is 0 Å². The number of carbonyl (C=O) groups excluding carboxylic acids is 1. The van der Waals surface area contributed by atoms with Crippen LogP contribution in [0.1, 0.15) is 12.5 Å². The number of rotatable bonds is 5. The van der Waals surface area contributed by atoms with Gasteiger partial charge in [0.1, 0.15) is 6.04 Å². The van der Waals surface area contributed by atoms with Gasteiger partial charge in [-0.3, -0.25) is 9.52 Å². The van der Waals surface area contributed by atoms with Crippen molar-refractivity contribution in [1.29, 1.82) is 0 Å². The lowest BCUT2D eigenvalue weighted by molar-refractivity contribution is -0.123.